The third-order valence-electron chi connectivity index (χ3n) is 10.1. The van der Waals surface area contributed by atoms with Gasteiger partial charge < -0.3 is 30.7 Å². The lowest BCUT2D eigenvalue weighted by molar-refractivity contribution is -0.127. The van der Waals surface area contributed by atoms with Crippen molar-refractivity contribution in [2.75, 3.05) is 41.4 Å². The number of Topliss-reactive ketones (excluding diaryl/α,β-unsaturated/α-hetero) is 2. The molecule has 4 unspecified atom stereocenters. The van der Waals surface area contributed by atoms with Crippen molar-refractivity contribution in [1.29, 1.82) is 0 Å². The Labute approximate surface area is 422 Å². The molecule has 4 N–H and O–H groups in total. The monoisotopic (exact) mass is 1040 g/mol. The third-order valence-corrected chi connectivity index (χ3v) is 11.4. The predicted octanol–water partition coefficient (Wildman–Crippen LogP) is 12.3. The lowest BCUT2D eigenvalue weighted by atomic mass is 10.1. The molecule has 0 saturated carbocycles. The molecule has 360 valence electrons. The van der Waals surface area contributed by atoms with Crippen molar-refractivity contribution < 1.29 is 38.2 Å². The number of ether oxygens (including phenoxy) is 2. The van der Waals surface area contributed by atoms with E-state index in [4.69, 9.17) is 67.5 Å². The van der Waals surface area contributed by atoms with Crippen LogP contribution in [0.1, 0.15) is 75.9 Å². The Morgan fingerprint density at radius 2 is 1.04 bits per heavy atom. The van der Waals surface area contributed by atoms with Crippen molar-refractivity contribution in [2.24, 2.45) is 20.5 Å². The van der Waals surface area contributed by atoms with E-state index in [1.807, 2.05) is 0 Å². The van der Waals surface area contributed by atoms with Crippen LogP contribution in [0.3, 0.4) is 0 Å². The maximum absolute atomic E-state index is 13.6. The van der Waals surface area contributed by atoms with E-state index in [-0.39, 0.29) is 56.2 Å². The molecule has 0 aromatic heterocycles. The summed E-state index contributed by atoms with van der Waals surface area (Å²) in [6, 6.07) is 20.0. The third kappa shape index (κ3) is 13.9. The highest BCUT2D eigenvalue weighted by molar-refractivity contribution is 6.35. The van der Waals surface area contributed by atoms with Crippen LogP contribution in [0.2, 0.25) is 10.0 Å². The fourth-order valence-corrected chi connectivity index (χ4v) is 7.60. The van der Waals surface area contributed by atoms with Crippen molar-refractivity contribution in [2.45, 2.75) is 57.0 Å². The van der Waals surface area contributed by atoms with Crippen molar-refractivity contribution in [3.8, 4) is 11.5 Å². The number of para-hydroxylation sites is 2. The number of nitrogens with zero attached hydrogens (tertiary/aromatic N) is 4. The number of ketones is 2. The molecule has 0 spiro atoms. The number of nitrogens with one attached hydrogen (secondary N) is 4. The van der Waals surface area contributed by atoms with Gasteiger partial charge in [-0.15, -0.1) is 34.8 Å². The van der Waals surface area contributed by atoms with E-state index in [1.54, 1.807) is 50.2 Å². The summed E-state index contributed by atoms with van der Waals surface area (Å²) in [6.07, 6.45) is 0.203. The quantitative estimate of drug-likeness (QED) is 0.0333. The first-order valence-corrected chi connectivity index (χ1v) is 23.0. The number of methoxy groups -OCH3 is 2. The highest BCUT2D eigenvalue weighted by Crippen LogP contribution is 2.38. The Morgan fingerprint density at radius 3 is 1.45 bits per heavy atom. The zero-order valence-electron chi connectivity index (χ0n) is 37.8. The summed E-state index contributed by atoms with van der Waals surface area (Å²) in [5.41, 5.74) is 3.12. The van der Waals surface area contributed by atoms with E-state index in [9.17, 15) is 28.8 Å². The van der Waals surface area contributed by atoms with Gasteiger partial charge in [0.1, 0.15) is 11.5 Å². The van der Waals surface area contributed by atoms with Gasteiger partial charge in [0.05, 0.1) is 68.9 Å². The van der Waals surface area contributed by atoms with Crippen molar-refractivity contribution in [1.82, 2.24) is 0 Å². The number of azo groups is 2. The van der Waals surface area contributed by atoms with Crippen LogP contribution in [0.5, 0.6) is 11.5 Å². The van der Waals surface area contributed by atoms with Crippen LogP contribution in [-0.2, 0) is 25.6 Å². The summed E-state index contributed by atoms with van der Waals surface area (Å²) in [5.74, 6) is -3.30. The highest BCUT2D eigenvalue weighted by atomic mass is 35.5. The zero-order valence-corrected chi connectivity index (χ0v) is 41.6. The van der Waals surface area contributed by atoms with Gasteiger partial charge in [0.25, 0.3) is 23.6 Å². The highest BCUT2D eigenvalue weighted by Gasteiger charge is 2.27. The summed E-state index contributed by atoms with van der Waals surface area (Å²) < 4.78 is 10.8. The number of hydrogen-bond acceptors (Lipinski definition) is 12. The molecule has 4 amide bonds. The van der Waals surface area contributed by atoms with Crippen molar-refractivity contribution in [3.05, 3.63) is 129 Å². The molecule has 0 fully saturated rings. The van der Waals surface area contributed by atoms with Crippen molar-refractivity contribution >= 4 is 127 Å². The molecular formula is C48H45Cl5N8O8. The van der Waals surface area contributed by atoms with Crippen LogP contribution in [0.4, 0.5) is 34.1 Å². The molecule has 0 aliphatic carbocycles. The summed E-state index contributed by atoms with van der Waals surface area (Å²) in [4.78, 5) is 79.4. The number of aryl methyl sites for hydroxylation is 1. The van der Waals surface area contributed by atoms with Crippen LogP contribution >= 0.6 is 58.0 Å². The number of anilines is 4. The van der Waals surface area contributed by atoms with Crippen LogP contribution < -0.4 is 30.7 Å². The molecule has 5 rings (SSSR count). The standard InChI is InChI=1S/C48H45Cl5N8O8/c1-24(50)32-9-7-11-39(68-5)43(32)56-45(64)34-22-30(13-16-36(34)52)58-60-41(26(3)62)47(66)54-29-15-18-38(28(21-29)19-20-49)55-48(67)42(27(4)63)61-59-31-14-17-37(53)35(23-31)46(65)57-44-33(25(2)51)10-8-12-40(44)69-6/h7-18,21-25,41-42H,19-20H2,1-6H3,(H,54,66)(H,55,67)(H,56,64)(H,57,65). The van der Waals surface area contributed by atoms with Gasteiger partial charge in [0, 0.05) is 17.3 Å². The second kappa shape index (κ2) is 24.7. The molecule has 0 heterocycles. The summed E-state index contributed by atoms with van der Waals surface area (Å²) in [6.45, 7) is 5.82. The second-order valence-corrected chi connectivity index (χ2v) is 17.6. The number of carbonyl (C=O) groups excluding carboxylic acids is 6. The van der Waals surface area contributed by atoms with E-state index < -0.39 is 58.0 Å². The molecule has 0 aliphatic rings. The predicted molar refractivity (Wildman–Crippen MR) is 269 cm³/mol. The van der Waals surface area contributed by atoms with Crippen LogP contribution in [0.25, 0.3) is 0 Å². The average Bonchev–Trinajstić information content (AvgIpc) is 3.30. The smallest absolute Gasteiger partial charge is 0.258 e. The summed E-state index contributed by atoms with van der Waals surface area (Å²) in [5, 5.41) is 26.3. The first kappa shape index (κ1) is 53.5. The molecule has 16 nitrogen and oxygen atoms in total. The number of rotatable bonds is 20. The molecule has 0 saturated heterocycles. The maximum atomic E-state index is 13.6. The molecule has 4 atom stereocenters. The van der Waals surface area contributed by atoms with Crippen LogP contribution in [0.15, 0.2) is 111 Å². The Kier molecular flexibility index (Phi) is 19.2. The maximum Gasteiger partial charge on any atom is 0.258 e. The van der Waals surface area contributed by atoms with Gasteiger partial charge >= 0.3 is 0 Å². The molecule has 0 bridgehead atoms. The fourth-order valence-electron chi connectivity index (χ4n) is 6.63. The molecule has 69 heavy (non-hydrogen) atoms. The van der Waals surface area contributed by atoms with E-state index in [2.05, 4.69) is 41.7 Å². The SMILES string of the molecule is COc1cccc(C(C)Cl)c1NC(=O)c1cc(N=NC(C(C)=O)C(=O)Nc2ccc(NC(=O)C(N=Nc3ccc(Cl)c(C(=O)Nc4c(OC)cccc4C(C)Cl)c3)C(C)=O)c(CCCl)c2)ccc1Cl. The van der Waals surface area contributed by atoms with Gasteiger partial charge in [-0.2, -0.15) is 20.5 Å². The molecule has 5 aromatic carbocycles. The first-order chi connectivity index (χ1) is 32.9. The summed E-state index contributed by atoms with van der Waals surface area (Å²) in [7, 11) is 2.91. The normalized spacial score (nSPS) is 13.0. The molecule has 5 aromatic rings. The van der Waals surface area contributed by atoms with Crippen LogP contribution in [-0.4, -0.2) is 67.4 Å². The Balaban J connectivity index is 1.29. The Bertz CT molecular complexity index is 2840. The minimum absolute atomic E-state index is 0.0195. The number of benzene rings is 5. The van der Waals surface area contributed by atoms with E-state index in [1.165, 1.54) is 68.8 Å². The van der Waals surface area contributed by atoms with Gasteiger partial charge in [0.2, 0.25) is 12.1 Å². The number of amides is 4. The first-order valence-electron chi connectivity index (χ1n) is 20.8. The minimum Gasteiger partial charge on any atom is -0.495 e. The topological polar surface area (TPSA) is 218 Å². The molecule has 0 radical (unpaired) electrons. The van der Waals surface area contributed by atoms with Gasteiger partial charge in [-0.25, -0.2) is 0 Å². The van der Waals surface area contributed by atoms with Gasteiger partial charge in [-0.1, -0.05) is 47.5 Å². The molecule has 0 aliphatic heterocycles. The largest absolute Gasteiger partial charge is 0.495 e. The lowest BCUT2D eigenvalue weighted by Crippen LogP contribution is -2.32. The van der Waals surface area contributed by atoms with E-state index in [0.29, 0.717) is 39.6 Å². The summed E-state index contributed by atoms with van der Waals surface area (Å²) >= 11 is 31.6. The van der Waals surface area contributed by atoms with Gasteiger partial charge in [-0.05, 0) is 118 Å². The van der Waals surface area contributed by atoms with E-state index >= 15 is 0 Å². The number of halogens is 5. The fraction of sp³-hybridized carbons (Fsp3) is 0.250. The molecular weight excluding hydrogens is 994 g/mol. The van der Waals surface area contributed by atoms with Crippen molar-refractivity contribution in [3.63, 3.8) is 0 Å². The number of alkyl halides is 3. The Morgan fingerprint density at radius 1 is 0.594 bits per heavy atom. The second-order valence-electron chi connectivity index (χ2n) is 15.1. The Hall–Kier alpha value is -6.43. The number of hydrogen-bond donors (Lipinski definition) is 4. The molecule has 21 heteroatoms. The minimum atomic E-state index is -1.62. The number of carbonyl (C=O) groups is 6. The van der Waals surface area contributed by atoms with Gasteiger partial charge in [-0.3, -0.25) is 28.8 Å². The average molecular weight is 1040 g/mol. The van der Waals surface area contributed by atoms with Crippen LogP contribution in [0, 0.1) is 0 Å². The zero-order chi connectivity index (χ0) is 50.5. The van der Waals surface area contributed by atoms with E-state index in [0.717, 1.165) is 13.8 Å². The van der Waals surface area contributed by atoms with Gasteiger partial charge in [0.15, 0.2) is 11.6 Å². The lowest BCUT2D eigenvalue weighted by Gasteiger charge is -2.17.